The van der Waals surface area contributed by atoms with Crippen LogP contribution in [0.25, 0.3) is 0 Å². The van der Waals surface area contributed by atoms with Crippen molar-refractivity contribution < 1.29 is 4.79 Å². The summed E-state index contributed by atoms with van der Waals surface area (Å²) >= 11 is 5.54. The number of carbonyl (C=O) groups excluding carboxylic acids is 1. The Morgan fingerprint density at radius 2 is 2.06 bits per heavy atom. The Morgan fingerprint density at radius 1 is 1.39 bits per heavy atom. The lowest BCUT2D eigenvalue weighted by Gasteiger charge is -2.17. The van der Waals surface area contributed by atoms with Crippen molar-refractivity contribution in [1.29, 1.82) is 0 Å². The molecule has 3 heteroatoms. The highest BCUT2D eigenvalue weighted by Crippen LogP contribution is 2.19. The van der Waals surface area contributed by atoms with Crippen LogP contribution < -0.4 is 0 Å². The van der Waals surface area contributed by atoms with Gasteiger partial charge in [-0.15, -0.1) is 11.6 Å². The molecule has 0 spiro atoms. The first-order chi connectivity index (χ1) is 8.45. The van der Waals surface area contributed by atoms with E-state index in [0.717, 1.165) is 6.42 Å². The van der Waals surface area contributed by atoms with Gasteiger partial charge in [0.25, 0.3) is 0 Å². The molecule has 0 aliphatic rings. The third-order valence-corrected chi connectivity index (χ3v) is 3.53. The smallest absolute Gasteiger partial charge is 0.237 e. The van der Waals surface area contributed by atoms with Gasteiger partial charge in [0.05, 0.1) is 0 Å². The zero-order valence-electron chi connectivity index (χ0n) is 11.7. The molecule has 1 rings (SSSR count). The van der Waals surface area contributed by atoms with Crippen LogP contribution in [0.2, 0.25) is 0 Å². The van der Waals surface area contributed by atoms with Crippen LogP contribution in [0.5, 0.6) is 0 Å². The largest absolute Gasteiger partial charge is 0.344 e. The predicted octanol–water partition coefficient (Wildman–Crippen LogP) is 3.36. The molecule has 1 amide bonds. The van der Waals surface area contributed by atoms with Crippen LogP contribution in [0, 0.1) is 6.92 Å². The van der Waals surface area contributed by atoms with Crippen molar-refractivity contribution in [2.75, 3.05) is 19.5 Å². The van der Waals surface area contributed by atoms with E-state index >= 15 is 0 Å². The topological polar surface area (TPSA) is 20.3 Å². The average molecular weight is 268 g/mol. The summed E-state index contributed by atoms with van der Waals surface area (Å²) in [7, 11) is 1.80. The molecule has 1 aromatic carbocycles. The minimum Gasteiger partial charge on any atom is -0.344 e. The molecule has 100 valence electrons. The van der Waals surface area contributed by atoms with Gasteiger partial charge in [-0.25, -0.2) is 0 Å². The van der Waals surface area contributed by atoms with Gasteiger partial charge in [-0.2, -0.15) is 0 Å². The van der Waals surface area contributed by atoms with Crippen molar-refractivity contribution >= 4 is 17.5 Å². The molecular formula is C15H22ClNO. The number of likely N-dealkylation sites (N-methyl/N-ethyl adjacent to an activating group) is 1. The second-order valence-corrected chi connectivity index (χ2v) is 5.31. The van der Waals surface area contributed by atoms with Crippen LogP contribution in [0.1, 0.15) is 36.5 Å². The summed E-state index contributed by atoms with van der Waals surface area (Å²) in [4.78, 5) is 13.1. The molecule has 0 N–H and O–H groups in total. The Hall–Kier alpha value is -1.02. The lowest BCUT2D eigenvalue weighted by Crippen LogP contribution is -2.29. The fourth-order valence-corrected chi connectivity index (χ4v) is 2.04. The first kappa shape index (κ1) is 15.0. The zero-order chi connectivity index (χ0) is 13.7. The van der Waals surface area contributed by atoms with Gasteiger partial charge in [-0.1, -0.05) is 32.0 Å². The summed E-state index contributed by atoms with van der Waals surface area (Å²) in [5.41, 5.74) is 3.95. The fraction of sp³-hybridized carbons (Fsp3) is 0.533. The number of benzene rings is 1. The molecule has 0 aromatic heterocycles. The number of aryl methyl sites for hydroxylation is 1. The van der Waals surface area contributed by atoms with Gasteiger partial charge in [-0.3, -0.25) is 4.79 Å². The van der Waals surface area contributed by atoms with E-state index in [1.54, 1.807) is 11.9 Å². The summed E-state index contributed by atoms with van der Waals surface area (Å²) in [6, 6.07) is 6.59. The third-order valence-electron chi connectivity index (χ3n) is 3.30. The van der Waals surface area contributed by atoms with Crippen molar-refractivity contribution in [3.63, 3.8) is 0 Å². The number of amides is 1. The average Bonchev–Trinajstić information content (AvgIpc) is 2.36. The van der Waals surface area contributed by atoms with Gasteiger partial charge < -0.3 is 4.90 Å². The molecule has 0 atom stereocenters. The molecule has 0 saturated heterocycles. The number of halogens is 1. The van der Waals surface area contributed by atoms with Gasteiger partial charge in [0.2, 0.25) is 5.91 Å². The van der Waals surface area contributed by atoms with Crippen molar-refractivity contribution in [1.82, 2.24) is 4.90 Å². The molecule has 0 unspecified atom stereocenters. The van der Waals surface area contributed by atoms with Crippen LogP contribution in [0.15, 0.2) is 18.2 Å². The summed E-state index contributed by atoms with van der Waals surface area (Å²) in [6.07, 6.45) is 0.880. The Kier molecular flexibility index (Phi) is 5.67. The maximum Gasteiger partial charge on any atom is 0.237 e. The molecule has 0 heterocycles. The highest BCUT2D eigenvalue weighted by atomic mass is 35.5. The molecule has 0 radical (unpaired) electrons. The molecule has 0 aliphatic heterocycles. The predicted molar refractivity (Wildman–Crippen MR) is 77.3 cm³/mol. The van der Waals surface area contributed by atoms with Crippen LogP contribution >= 0.6 is 11.6 Å². The van der Waals surface area contributed by atoms with Gasteiger partial charge in [0.1, 0.15) is 5.88 Å². The number of nitrogens with zero attached hydrogens (tertiary/aromatic N) is 1. The molecular weight excluding hydrogens is 246 g/mol. The zero-order valence-corrected chi connectivity index (χ0v) is 12.4. The second kappa shape index (κ2) is 6.79. The lowest BCUT2D eigenvalue weighted by atomic mass is 9.96. The maximum absolute atomic E-state index is 11.4. The van der Waals surface area contributed by atoms with Crippen LogP contribution in [0.3, 0.4) is 0 Å². The highest BCUT2D eigenvalue weighted by molar-refractivity contribution is 6.27. The van der Waals surface area contributed by atoms with E-state index in [0.29, 0.717) is 12.5 Å². The number of hydrogen-bond donors (Lipinski definition) is 0. The first-order valence-electron chi connectivity index (χ1n) is 6.35. The molecule has 18 heavy (non-hydrogen) atoms. The standard InChI is InChI=1S/C15H22ClNO/c1-11(2)13-6-5-12(3)14(9-13)7-8-17(4)15(18)10-16/h5-6,9,11H,7-8,10H2,1-4H3. The molecule has 1 aromatic rings. The van der Waals surface area contributed by atoms with E-state index in [4.69, 9.17) is 11.6 Å². The van der Waals surface area contributed by atoms with E-state index in [1.165, 1.54) is 16.7 Å². The molecule has 0 fully saturated rings. The van der Waals surface area contributed by atoms with Crippen LogP contribution in [-0.2, 0) is 11.2 Å². The summed E-state index contributed by atoms with van der Waals surface area (Å²) in [5.74, 6) is 0.572. The normalized spacial score (nSPS) is 10.8. The summed E-state index contributed by atoms with van der Waals surface area (Å²) < 4.78 is 0. The van der Waals surface area contributed by atoms with E-state index in [9.17, 15) is 4.79 Å². The maximum atomic E-state index is 11.4. The number of rotatable bonds is 5. The Labute approximate surface area is 115 Å². The quantitative estimate of drug-likeness (QED) is 0.749. The molecule has 0 saturated carbocycles. The lowest BCUT2D eigenvalue weighted by molar-refractivity contribution is -0.127. The van der Waals surface area contributed by atoms with E-state index in [-0.39, 0.29) is 11.8 Å². The molecule has 0 bridgehead atoms. The third kappa shape index (κ3) is 4.02. The first-order valence-corrected chi connectivity index (χ1v) is 6.88. The van der Waals surface area contributed by atoms with Gasteiger partial charge in [-0.05, 0) is 36.0 Å². The van der Waals surface area contributed by atoms with Crippen molar-refractivity contribution in [2.45, 2.75) is 33.1 Å². The van der Waals surface area contributed by atoms with Crippen molar-refractivity contribution in [3.8, 4) is 0 Å². The minimum absolute atomic E-state index is 0.0191. The van der Waals surface area contributed by atoms with Crippen LogP contribution in [-0.4, -0.2) is 30.3 Å². The number of alkyl halides is 1. The molecule has 0 aliphatic carbocycles. The minimum atomic E-state index is -0.0191. The van der Waals surface area contributed by atoms with E-state index < -0.39 is 0 Å². The van der Waals surface area contributed by atoms with Crippen molar-refractivity contribution in [3.05, 3.63) is 34.9 Å². The van der Waals surface area contributed by atoms with E-state index in [2.05, 4.69) is 39.0 Å². The Bertz CT molecular complexity index is 415. The van der Waals surface area contributed by atoms with Crippen LogP contribution in [0.4, 0.5) is 0 Å². The van der Waals surface area contributed by atoms with Gasteiger partial charge in [0.15, 0.2) is 0 Å². The Balaban J connectivity index is 2.72. The monoisotopic (exact) mass is 267 g/mol. The van der Waals surface area contributed by atoms with Crippen molar-refractivity contribution in [2.24, 2.45) is 0 Å². The fourth-order valence-electron chi connectivity index (χ4n) is 1.83. The number of hydrogen-bond acceptors (Lipinski definition) is 1. The Morgan fingerprint density at radius 3 is 2.61 bits per heavy atom. The molecule has 2 nitrogen and oxygen atoms in total. The summed E-state index contributed by atoms with van der Waals surface area (Å²) in [5, 5.41) is 0. The second-order valence-electron chi connectivity index (χ2n) is 5.04. The SMILES string of the molecule is Cc1ccc(C(C)C)cc1CCN(C)C(=O)CCl. The highest BCUT2D eigenvalue weighted by Gasteiger charge is 2.08. The van der Waals surface area contributed by atoms with Gasteiger partial charge in [0, 0.05) is 13.6 Å². The van der Waals surface area contributed by atoms with E-state index in [1.807, 2.05) is 0 Å². The number of carbonyl (C=O) groups is 1. The van der Waals surface area contributed by atoms with Gasteiger partial charge >= 0.3 is 0 Å². The summed E-state index contributed by atoms with van der Waals surface area (Å²) in [6.45, 7) is 7.21.